The van der Waals surface area contributed by atoms with Gasteiger partial charge in [0.2, 0.25) is 5.76 Å². The number of rotatable bonds is 8. The average Bonchev–Trinajstić information content (AvgIpc) is 3.02. The number of primary amides is 1. The molecule has 5 N–H and O–H groups in total. The number of aliphatic hydroxyl groups is 1. The zero-order valence-corrected chi connectivity index (χ0v) is 20.0. The second-order valence-electron chi connectivity index (χ2n) is 10.7. The molecule has 0 spiro atoms. The smallest absolute Gasteiger partial charge is 0.312 e. The Hall–Kier alpha value is -1.94. The molecule has 0 aliphatic heterocycles. The van der Waals surface area contributed by atoms with Gasteiger partial charge in [0, 0.05) is 11.3 Å². The van der Waals surface area contributed by atoms with Crippen LogP contribution in [0.4, 0.5) is 4.79 Å². The molecule has 1 aromatic rings. The van der Waals surface area contributed by atoms with Crippen molar-refractivity contribution >= 4 is 23.7 Å². The van der Waals surface area contributed by atoms with Crippen LogP contribution in [-0.2, 0) is 0 Å². The minimum absolute atomic E-state index is 0.0457. The first-order valence-electron chi connectivity index (χ1n) is 11.3. The SMILES string of the molecule is CC(C)Sc1c(OCC(C)(C)NC(N)=O)noc1C(=O)NC1C2CC3CC1CC(O)(C3)C2. The van der Waals surface area contributed by atoms with Crippen molar-refractivity contribution in [2.24, 2.45) is 23.5 Å². The Morgan fingerprint density at radius 2 is 1.97 bits per heavy atom. The van der Waals surface area contributed by atoms with Crippen LogP contribution in [0, 0.1) is 17.8 Å². The van der Waals surface area contributed by atoms with Gasteiger partial charge in [0.15, 0.2) is 0 Å². The van der Waals surface area contributed by atoms with Crippen molar-refractivity contribution in [1.29, 1.82) is 0 Å². The summed E-state index contributed by atoms with van der Waals surface area (Å²) in [5.74, 6) is 1.25. The van der Waals surface area contributed by atoms with Gasteiger partial charge in [-0.2, -0.15) is 0 Å². The molecule has 0 radical (unpaired) electrons. The van der Waals surface area contributed by atoms with Gasteiger partial charge in [-0.25, -0.2) is 4.79 Å². The minimum atomic E-state index is -0.715. The number of thioether (sulfide) groups is 1. The van der Waals surface area contributed by atoms with Crippen molar-refractivity contribution in [2.75, 3.05) is 6.61 Å². The van der Waals surface area contributed by atoms with E-state index in [2.05, 4.69) is 15.8 Å². The molecule has 4 aliphatic carbocycles. The van der Waals surface area contributed by atoms with E-state index in [-0.39, 0.29) is 35.4 Å². The fourth-order valence-electron chi connectivity index (χ4n) is 5.90. The second-order valence-corrected chi connectivity index (χ2v) is 12.3. The average molecular weight is 467 g/mol. The summed E-state index contributed by atoms with van der Waals surface area (Å²) in [6.07, 6.45) is 4.53. The summed E-state index contributed by atoms with van der Waals surface area (Å²) in [6, 6.07) is -0.597. The maximum Gasteiger partial charge on any atom is 0.312 e. The molecule has 5 rings (SSSR count). The van der Waals surface area contributed by atoms with Gasteiger partial charge in [-0.1, -0.05) is 13.8 Å². The van der Waals surface area contributed by atoms with Gasteiger partial charge in [0.1, 0.15) is 11.5 Å². The van der Waals surface area contributed by atoms with E-state index < -0.39 is 17.2 Å². The Morgan fingerprint density at radius 1 is 1.31 bits per heavy atom. The predicted molar refractivity (Wildman–Crippen MR) is 120 cm³/mol. The van der Waals surface area contributed by atoms with Gasteiger partial charge in [-0.3, -0.25) is 4.79 Å². The summed E-state index contributed by atoms with van der Waals surface area (Å²) in [4.78, 5) is 25.0. The monoisotopic (exact) mass is 466 g/mol. The molecular formula is C22H34N4O5S. The van der Waals surface area contributed by atoms with Gasteiger partial charge in [-0.05, 0) is 68.9 Å². The van der Waals surface area contributed by atoms with Crippen LogP contribution in [0.1, 0.15) is 70.4 Å². The molecule has 3 amide bonds. The summed E-state index contributed by atoms with van der Waals surface area (Å²) >= 11 is 1.45. The maximum absolute atomic E-state index is 13.2. The molecule has 2 atom stereocenters. The lowest BCUT2D eigenvalue weighted by molar-refractivity contribution is -0.137. The van der Waals surface area contributed by atoms with E-state index in [9.17, 15) is 14.7 Å². The third kappa shape index (κ3) is 4.85. The summed E-state index contributed by atoms with van der Waals surface area (Å²) in [6.45, 7) is 7.70. The van der Waals surface area contributed by atoms with Crippen molar-refractivity contribution in [3.05, 3.63) is 5.76 Å². The lowest BCUT2D eigenvalue weighted by Gasteiger charge is -2.58. The lowest BCUT2D eigenvalue weighted by atomic mass is 9.52. The topological polar surface area (TPSA) is 140 Å². The molecule has 4 saturated carbocycles. The van der Waals surface area contributed by atoms with E-state index in [1.165, 1.54) is 11.8 Å². The van der Waals surface area contributed by atoms with E-state index >= 15 is 0 Å². The number of ether oxygens (including phenoxy) is 1. The zero-order chi connectivity index (χ0) is 23.3. The van der Waals surface area contributed by atoms with Crippen LogP contribution in [0.15, 0.2) is 9.42 Å². The standard InChI is InChI=1S/C22H34N4O5S/c1-11(2)32-17-16(31-26-19(17)30-10-21(3,4)25-20(23)28)18(27)24-15-13-5-12-6-14(15)9-22(29,7-12)8-13/h11-15,29H,5-10H2,1-4H3,(H,24,27)(H3,23,25,28). The summed E-state index contributed by atoms with van der Waals surface area (Å²) < 4.78 is 11.3. The number of urea groups is 1. The number of nitrogens with one attached hydrogen (secondary N) is 2. The Kier molecular flexibility index (Phi) is 6.13. The number of aromatic nitrogens is 1. The molecule has 2 unspecified atom stereocenters. The fourth-order valence-corrected chi connectivity index (χ4v) is 6.80. The predicted octanol–water partition coefficient (Wildman–Crippen LogP) is 2.67. The molecule has 1 aromatic heterocycles. The summed E-state index contributed by atoms with van der Waals surface area (Å²) in [7, 11) is 0. The molecular weight excluding hydrogens is 432 g/mol. The van der Waals surface area contributed by atoms with E-state index in [1.54, 1.807) is 13.8 Å². The van der Waals surface area contributed by atoms with Crippen LogP contribution in [-0.4, -0.2) is 51.2 Å². The van der Waals surface area contributed by atoms with E-state index in [0.29, 0.717) is 22.6 Å². The molecule has 4 fully saturated rings. The highest BCUT2D eigenvalue weighted by molar-refractivity contribution is 8.00. The van der Waals surface area contributed by atoms with Crippen LogP contribution >= 0.6 is 11.8 Å². The number of nitrogens with zero attached hydrogens (tertiary/aromatic N) is 1. The Bertz CT molecular complexity index is 870. The molecule has 178 valence electrons. The third-order valence-corrected chi connectivity index (χ3v) is 7.82. The number of hydrogen-bond donors (Lipinski definition) is 4. The normalized spacial score (nSPS) is 31.1. The number of nitrogens with two attached hydrogens (primary N) is 1. The second kappa shape index (κ2) is 8.44. The third-order valence-electron chi connectivity index (χ3n) is 6.75. The van der Waals surface area contributed by atoms with Crippen LogP contribution in [0.5, 0.6) is 5.88 Å². The highest BCUT2D eigenvalue weighted by atomic mass is 32.2. The van der Waals surface area contributed by atoms with Gasteiger partial charge in [0.05, 0.1) is 11.1 Å². The molecule has 9 nitrogen and oxygen atoms in total. The number of amides is 3. The van der Waals surface area contributed by atoms with Crippen LogP contribution in [0.25, 0.3) is 0 Å². The quantitative estimate of drug-likeness (QED) is 0.432. The van der Waals surface area contributed by atoms with Gasteiger partial charge >= 0.3 is 6.03 Å². The number of carbonyl (C=O) groups excluding carboxylic acids is 2. The molecule has 1 heterocycles. The molecule has 0 aromatic carbocycles. The Balaban J connectivity index is 1.48. The first-order chi connectivity index (χ1) is 14.9. The van der Waals surface area contributed by atoms with Crippen molar-refractivity contribution in [1.82, 2.24) is 15.8 Å². The van der Waals surface area contributed by atoms with E-state index in [0.717, 1.165) is 32.1 Å². The largest absolute Gasteiger partial charge is 0.472 e. The molecule has 32 heavy (non-hydrogen) atoms. The first-order valence-corrected chi connectivity index (χ1v) is 12.2. The minimum Gasteiger partial charge on any atom is -0.472 e. The van der Waals surface area contributed by atoms with Gasteiger partial charge in [0.25, 0.3) is 11.8 Å². The molecule has 10 heteroatoms. The molecule has 0 saturated heterocycles. The van der Waals surface area contributed by atoms with Crippen molar-refractivity contribution in [3.63, 3.8) is 0 Å². The Labute approximate surface area is 192 Å². The van der Waals surface area contributed by atoms with Crippen LogP contribution < -0.4 is 21.1 Å². The van der Waals surface area contributed by atoms with Gasteiger partial charge < -0.3 is 30.7 Å². The highest BCUT2D eigenvalue weighted by Gasteiger charge is 2.55. The number of carbonyl (C=O) groups is 2. The van der Waals surface area contributed by atoms with Crippen molar-refractivity contribution in [3.8, 4) is 5.88 Å². The van der Waals surface area contributed by atoms with Crippen LogP contribution in [0.3, 0.4) is 0 Å². The van der Waals surface area contributed by atoms with Crippen LogP contribution in [0.2, 0.25) is 0 Å². The highest BCUT2D eigenvalue weighted by Crippen LogP contribution is 2.55. The first kappa shape index (κ1) is 23.2. The maximum atomic E-state index is 13.2. The Morgan fingerprint density at radius 3 is 2.53 bits per heavy atom. The fraction of sp³-hybridized carbons (Fsp3) is 0.773. The molecule has 4 aliphatic rings. The number of hydrogen-bond acceptors (Lipinski definition) is 7. The van der Waals surface area contributed by atoms with E-state index in [1.807, 2.05) is 13.8 Å². The van der Waals surface area contributed by atoms with Crippen molar-refractivity contribution < 1.29 is 24.0 Å². The van der Waals surface area contributed by atoms with Crippen molar-refractivity contribution in [2.45, 2.75) is 87.1 Å². The van der Waals surface area contributed by atoms with Gasteiger partial charge in [-0.15, -0.1) is 11.8 Å². The molecule has 4 bridgehead atoms. The lowest BCUT2D eigenvalue weighted by Crippen LogP contribution is -2.61. The van der Waals surface area contributed by atoms with E-state index in [4.69, 9.17) is 15.0 Å². The summed E-state index contributed by atoms with van der Waals surface area (Å²) in [5, 5.41) is 20.8. The zero-order valence-electron chi connectivity index (χ0n) is 19.1. The summed E-state index contributed by atoms with van der Waals surface area (Å²) in [5.41, 5.74) is 3.96.